The summed E-state index contributed by atoms with van der Waals surface area (Å²) in [5, 5.41) is 6.26. The van der Waals surface area contributed by atoms with Crippen LogP contribution in [0.3, 0.4) is 0 Å². The molecule has 3 rings (SSSR count). The number of halogens is 1. The van der Waals surface area contributed by atoms with Gasteiger partial charge in [-0.05, 0) is 71.3 Å². The first kappa shape index (κ1) is 35.3. The molecule has 0 fully saturated rings. The number of rotatable bonds is 16. The van der Waals surface area contributed by atoms with Crippen LogP contribution in [0.5, 0.6) is 0 Å². The van der Waals surface area contributed by atoms with Crippen molar-refractivity contribution in [1.82, 2.24) is 5.32 Å². The standard InChI is InChI=1S/C36H47ClN2O4S/c1-5-6-7-8-9-10-11-12-34(40)33(25-27-13-19-30(37)20-14-27)39-35(41)38-31-21-15-28(16-22-31)26-44(42,43)32-23-17-29(18-24-32)36(2,3)4/h13-24,33H,5-12,25-26H2,1-4H3,(H2,38,39,41)/t33-/m0/s1. The highest BCUT2D eigenvalue weighted by Crippen LogP contribution is 2.25. The first-order valence-corrected chi connectivity index (χ1v) is 17.7. The molecule has 1 atom stereocenters. The summed E-state index contributed by atoms with van der Waals surface area (Å²) < 4.78 is 26.0. The molecule has 0 bridgehead atoms. The molecule has 8 heteroatoms. The Morgan fingerprint density at radius 3 is 1.93 bits per heavy atom. The predicted octanol–water partition coefficient (Wildman–Crippen LogP) is 9.05. The zero-order chi connectivity index (χ0) is 32.2. The highest BCUT2D eigenvalue weighted by molar-refractivity contribution is 7.90. The van der Waals surface area contributed by atoms with Crippen LogP contribution in [-0.2, 0) is 32.2 Å². The molecule has 0 unspecified atom stereocenters. The lowest BCUT2D eigenvalue weighted by Gasteiger charge is -2.19. The van der Waals surface area contributed by atoms with Crippen molar-refractivity contribution < 1.29 is 18.0 Å². The first-order chi connectivity index (χ1) is 20.9. The van der Waals surface area contributed by atoms with Crippen LogP contribution in [0.1, 0.15) is 95.8 Å². The molecular weight excluding hydrogens is 592 g/mol. The zero-order valence-corrected chi connectivity index (χ0v) is 28.1. The summed E-state index contributed by atoms with van der Waals surface area (Å²) in [5.74, 6) is -0.148. The number of hydrogen-bond acceptors (Lipinski definition) is 4. The van der Waals surface area contributed by atoms with Crippen LogP contribution in [0.15, 0.2) is 77.7 Å². The molecule has 44 heavy (non-hydrogen) atoms. The number of sulfone groups is 1. The minimum Gasteiger partial charge on any atom is -0.328 e. The van der Waals surface area contributed by atoms with Gasteiger partial charge in [-0.2, -0.15) is 0 Å². The molecule has 0 aromatic heterocycles. The lowest BCUT2D eigenvalue weighted by atomic mass is 9.87. The molecule has 2 N–H and O–H groups in total. The summed E-state index contributed by atoms with van der Waals surface area (Å²) >= 11 is 6.03. The van der Waals surface area contributed by atoms with Crippen molar-refractivity contribution in [2.75, 3.05) is 5.32 Å². The number of anilines is 1. The van der Waals surface area contributed by atoms with Crippen molar-refractivity contribution in [1.29, 1.82) is 0 Å². The summed E-state index contributed by atoms with van der Waals surface area (Å²) in [6, 6.07) is 19.9. The van der Waals surface area contributed by atoms with E-state index >= 15 is 0 Å². The molecule has 0 saturated carbocycles. The number of urea groups is 1. The number of ketones is 1. The third-order valence-corrected chi connectivity index (χ3v) is 9.68. The molecule has 0 aliphatic carbocycles. The number of Topliss-reactive ketones (excluding diaryl/α,β-unsaturated/α-hetero) is 1. The lowest BCUT2D eigenvalue weighted by molar-refractivity contribution is -0.120. The fourth-order valence-electron chi connectivity index (χ4n) is 5.01. The van der Waals surface area contributed by atoms with E-state index in [1.165, 1.54) is 25.7 Å². The third-order valence-electron chi connectivity index (χ3n) is 7.72. The third kappa shape index (κ3) is 11.7. The van der Waals surface area contributed by atoms with Crippen molar-refractivity contribution in [3.8, 4) is 0 Å². The van der Waals surface area contributed by atoms with Gasteiger partial charge in [0.25, 0.3) is 0 Å². The smallest absolute Gasteiger partial charge is 0.319 e. The molecule has 2 amide bonds. The number of unbranched alkanes of at least 4 members (excludes halogenated alkanes) is 6. The van der Waals surface area contributed by atoms with Gasteiger partial charge in [0, 0.05) is 17.1 Å². The molecule has 0 saturated heterocycles. The Labute approximate surface area is 268 Å². The number of hydrogen-bond donors (Lipinski definition) is 2. The molecule has 0 heterocycles. The minimum atomic E-state index is -3.53. The van der Waals surface area contributed by atoms with Crippen molar-refractivity contribution in [3.05, 3.63) is 94.5 Å². The maximum Gasteiger partial charge on any atom is 0.319 e. The molecule has 0 radical (unpaired) electrons. The summed E-state index contributed by atoms with van der Waals surface area (Å²) in [7, 11) is -3.53. The van der Waals surface area contributed by atoms with E-state index in [1.54, 1.807) is 48.5 Å². The Bertz CT molecular complexity index is 1450. The molecule has 0 spiro atoms. The van der Waals surface area contributed by atoms with E-state index in [4.69, 9.17) is 11.6 Å². The second-order valence-electron chi connectivity index (χ2n) is 12.5. The van der Waals surface area contributed by atoms with Gasteiger partial charge < -0.3 is 10.6 Å². The van der Waals surface area contributed by atoms with E-state index in [2.05, 4.69) is 38.3 Å². The van der Waals surface area contributed by atoms with E-state index in [0.29, 0.717) is 29.1 Å². The van der Waals surface area contributed by atoms with Crippen molar-refractivity contribution >= 4 is 38.9 Å². The van der Waals surface area contributed by atoms with Gasteiger partial charge in [-0.15, -0.1) is 0 Å². The number of nitrogens with one attached hydrogen (secondary N) is 2. The quantitative estimate of drug-likeness (QED) is 0.153. The number of carbonyl (C=O) groups is 2. The Balaban J connectivity index is 1.59. The molecule has 6 nitrogen and oxygen atoms in total. The highest BCUT2D eigenvalue weighted by Gasteiger charge is 2.22. The maximum atomic E-state index is 13.2. The average molecular weight is 639 g/mol. The van der Waals surface area contributed by atoms with Crippen LogP contribution in [0.2, 0.25) is 5.02 Å². The normalized spacial score (nSPS) is 12.5. The monoisotopic (exact) mass is 638 g/mol. The van der Waals surface area contributed by atoms with Crippen LogP contribution >= 0.6 is 11.6 Å². The maximum absolute atomic E-state index is 13.2. The number of carbonyl (C=O) groups excluding carboxylic acids is 2. The van der Waals surface area contributed by atoms with Crippen LogP contribution < -0.4 is 10.6 Å². The van der Waals surface area contributed by atoms with Gasteiger partial charge >= 0.3 is 6.03 Å². The van der Waals surface area contributed by atoms with Crippen LogP contribution in [-0.4, -0.2) is 26.3 Å². The fraction of sp³-hybridized carbons (Fsp3) is 0.444. The SMILES string of the molecule is CCCCCCCCCC(=O)[C@H](Cc1ccc(Cl)cc1)NC(=O)Nc1ccc(CS(=O)(=O)c2ccc(C(C)(C)C)cc2)cc1. The van der Waals surface area contributed by atoms with Crippen molar-refractivity contribution in [3.63, 3.8) is 0 Å². The van der Waals surface area contributed by atoms with Gasteiger partial charge in [0.2, 0.25) is 0 Å². The Hall–Kier alpha value is -3.16. The topological polar surface area (TPSA) is 92.3 Å². The second-order valence-corrected chi connectivity index (χ2v) is 15.0. The van der Waals surface area contributed by atoms with E-state index in [9.17, 15) is 18.0 Å². The van der Waals surface area contributed by atoms with Crippen LogP contribution in [0.25, 0.3) is 0 Å². The molecule has 3 aromatic carbocycles. The highest BCUT2D eigenvalue weighted by atomic mass is 35.5. The largest absolute Gasteiger partial charge is 0.328 e. The second kappa shape index (κ2) is 16.8. The molecule has 3 aromatic rings. The predicted molar refractivity (Wildman–Crippen MR) is 181 cm³/mol. The number of benzene rings is 3. The average Bonchev–Trinajstić information content (AvgIpc) is 2.98. The van der Waals surface area contributed by atoms with Crippen LogP contribution in [0.4, 0.5) is 10.5 Å². The van der Waals surface area contributed by atoms with Gasteiger partial charge in [0.1, 0.15) is 0 Å². The minimum absolute atomic E-state index is 0.000236. The van der Waals surface area contributed by atoms with E-state index in [1.807, 2.05) is 24.3 Å². The summed E-state index contributed by atoms with van der Waals surface area (Å²) in [6.45, 7) is 8.45. The molecule has 0 aliphatic heterocycles. The summed E-state index contributed by atoms with van der Waals surface area (Å²) in [4.78, 5) is 26.4. The fourth-order valence-corrected chi connectivity index (χ4v) is 6.48. The first-order valence-electron chi connectivity index (χ1n) is 15.6. The Morgan fingerprint density at radius 2 is 1.34 bits per heavy atom. The van der Waals surface area contributed by atoms with E-state index in [0.717, 1.165) is 30.4 Å². The molecule has 0 aliphatic rings. The number of amides is 2. The zero-order valence-electron chi connectivity index (χ0n) is 26.5. The van der Waals surface area contributed by atoms with Gasteiger partial charge in [-0.25, -0.2) is 13.2 Å². The Morgan fingerprint density at radius 1 is 0.773 bits per heavy atom. The van der Waals surface area contributed by atoms with Gasteiger partial charge in [0.15, 0.2) is 15.6 Å². The Kier molecular flexibility index (Phi) is 13.5. The van der Waals surface area contributed by atoms with Crippen LogP contribution in [0, 0.1) is 0 Å². The van der Waals surface area contributed by atoms with Gasteiger partial charge in [0.05, 0.1) is 16.7 Å². The van der Waals surface area contributed by atoms with E-state index in [-0.39, 0.29) is 21.8 Å². The van der Waals surface area contributed by atoms with Crippen molar-refractivity contribution in [2.24, 2.45) is 0 Å². The van der Waals surface area contributed by atoms with Crippen molar-refractivity contribution in [2.45, 2.75) is 108 Å². The summed E-state index contributed by atoms with van der Waals surface area (Å²) in [6.07, 6.45) is 8.56. The summed E-state index contributed by atoms with van der Waals surface area (Å²) in [5.41, 5.74) is 3.03. The molecule has 238 valence electrons. The van der Waals surface area contributed by atoms with Gasteiger partial charge in [-0.3, -0.25) is 4.79 Å². The van der Waals surface area contributed by atoms with E-state index < -0.39 is 21.9 Å². The lowest BCUT2D eigenvalue weighted by Crippen LogP contribution is -2.44. The molecular formula is C36H47ClN2O4S. The van der Waals surface area contributed by atoms with Gasteiger partial charge in [-0.1, -0.05) is 114 Å².